The molecule has 2 aliphatic rings. The molecular weight excluding hydrogens is 222 g/mol. The van der Waals surface area contributed by atoms with E-state index in [2.05, 4.69) is 17.5 Å². The van der Waals surface area contributed by atoms with Gasteiger partial charge in [0.05, 0.1) is 0 Å². The number of nitrogens with one attached hydrogen (secondary N) is 1. The van der Waals surface area contributed by atoms with E-state index in [9.17, 15) is 4.79 Å². The highest BCUT2D eigenvalue weighted by molar-refractivity contribution is 6.09. The van der Waals surface area contributed by atoms with Crippen molar-refractivity contribution in [3.05, 3.63) is 64.8 Å². The first-order valence-corrected chi connectivity index (χ1v) is 6.19. The summed E-state index contributed by atoms with van der Waals surface area (Å²) < 4.78 is 0. The third kappa shape index (κ3) is 1.80. The average Bonchev–Trinajstić information content (AvgIpc) is 2.40. The number of rotatable bonds is 3. The fourth-order valence-corrected chi connectivity index (χ4v) is 2.32. The first-order chi connectivity index (χ1) is 8.78. The molecule has 2 aliphatic carbocycles. The van der Waals surface area contributed by atoms with Crippen molar-refractivity contribution >= 4 is 11.5 Å². The second kappa shape index (κ2) is 4.30. The summed E-state index contributed by atoms with van der Waals surface area (Å²) >= 11 is 0. The van der Waals surface area contributed by atoms with Crippen LogP contribution in [-0.4, -0.2) is 12.8 Å². The Balaban J connectivity index is 1.84. The van der Waals surface area contributed by atoms with Gasteiger partial charge in [-0.15, -0.1) is 0 Å². The van der Waals surface area contributed by atoms with Crippen LogP contribution in [0.1, 0.15) is 23.2 Å². The lowest BCUT2D eigenvalue weighted by Gasteiger charge is -2.23. The monoisotopic (exact) mass is 237 g/mol. The van der Waals surface area contributed by atoms with Gasteiger partial charge in [0.2, 0.25) is 0 Å². The van der Waals surface area contributed by atoms with Gasteiger partial charge in [-0.2, -0.15) is 0 Å². The maximum Gasteiger partial charge on any atom is 0.189 e. The van der Waals surface area contributed by atoms with E-state index in [1.54, 1.807) is 0 Å². The van der Waals surface area contributed by atoms with E-state index < -0.39 is 0 Å². The standard InChI is InChI=1S/C16H15NO/c1-17-15-8-6-12(7-9-15)16(18)14-5-3-11-2-4-13(11)10-14/h3-9,17H,2,10H2,1H3. The number of carbonyl (C=O) groups excluding carboxylic acids is 1. The van der Waals surface area contributed by atoms with Gasteiger partial charge in [-0.05, 0) is 41.8 Å². The lowest BCUT2D eigenvalue weighted by Crippen LogP contribution is -2.11. The van der Waals surface area contributed by atoms with E-state index >= 15 is 0 Å². The van der Waals surface area contributed by atoms with Crippen LogP contribution in [0.25, 0.3) is 0 Å². The molecule has 0 heterocycles. The predicted molar refractivity (Wildman–Crippen MR) is 73.8 cm³/mol. The van der Waals surface area contributed by atoms with Gasteiger partial charge in [-0.1, -0.05) is 18.2 Å². The molecule has 0 unspecified atom stereocenters. The highest BCUT2D eigenvalue weighted by atomic mass is 16.1. The SMILES string of the molecule is CNc1ccc(C(=O)C2=CC=C3CC=C3C2)cc1. The van der Waals surface area contributed by atoms with Crippen LogP contribution >= 0.6 is 0 Å². The molecule has 1 N–H and O–H groups in total. The third-order valence-electron chi connectivity index (χ3n) is 3.57. The number of hydrogen-bond donors (Lipinski definition) is 1. The minimum Gasteiger partial charge on any atom is -0.388 e. The summed E-state index contributed by atoms with van der Waals surface area (Å²) in [5.74, 6) is 0.140. The molecule has 0 atom stereocenters. The largest absolute Gasteiger partial charge is 0.388 e. The van der Waals surface area contributed by atoms with Gasteiger partial charge in [-0.25, -0.2) is 0 Å². The topological polar surface area (TPSA) is 29.1 Å². The van der Waals surface area contributed by atoms with E-state index in [1.165, 1.54) is 11.1 Å². The van der Waals surface area contributed by atoms with Crippen LogP contribution in [0.2, 0.25) is 0 Å². The average molecular weight is 237 g/mol. The number of ketones is 1. The lowest BCUT2D eigenvalue weighted by atomic mass is 9.81. The summed E-state index contributed by atoms with van der Waals surface area (Å²) in [5, 5.41) is 3.05. The molecule has 0 fully saturated rings. The van der Waals surface area contributed by atoms with E-state index in [0.717, 1.165) is 29.7 Å². The van der Waals surface area contributed by atoms with Gasteiger partial charge in [0, 0.05) is 30.3 Å². The fraction of sp³-hybridized carbons (Fsp3) is 0.188. The maximum atomic E-state index is 12.3. The second-order valence-electron chi connectivity index (χ2n) is 4.65. The number of benzene rings is 1. The van der Waals surface area contributed by atoms with Crippen LogP contribution in [0.15, 0.2) is 59.2 Å². The summed E-state index contributed by atoms with van der Waals surface area (Å²) in [6.45, 7) is 0. The zero-order chi connectivity index (χ0) is 12.5. The first-order valence-electron chi connectivity index (χ1n) is 6.19. The molecule has 0 saturated heterocycles. The fourth-order valence-electron chi connectivity index (χ4n) is 2.32. The summed E-state index contributed by atoms with van der Waals surface area (Å²) in [6, 6.07) is 7.62. The first kappa shape index (κ1) is 11.0. The van der Waals surface area contributed by atoms with Crippen LogP contribution in [0.3, 0.4) is 0 Å². The molecule has 0 spiro atoms. The zero-order valence-corrected chi connectivity index (χ0v) is 10.4. The number of allylic oxidation sites excluding steroid dienone is 6. The van der Waals surface area contributed by atoms with E-state index in [-0.39, 0.29) is 5.78 Å². The Bertz CT molecular complexity index is 588. The Labute approximate surface area is 107 Å². The zero-order valence-electron chi connectivity index (χ0n) is 10.4. The molecular formula is C16H15NO. The minimum absolute atomic E-state index is 0.140. The van der Waals surface area contributed by atoms with Gasteiger partial charge >= 0.3 is 0 Å². The van der Waals surface area contributed by atoms with Crippen molar-refractivity contribution < 1.29 is 4.79 Å². The van der Waals surface area contributed by atoms with E-state index in [1.807, 2.05) is 37.4 Å². The normalized spacial score (nSPS) is 16.8. The summed E-state index contributed by atoms with van der Waals surface area (Å²) in [6.07, 6.45) is 8.10. The van der Waals surface area contributed by atoms with Crippen molar-refractivity contribution in [2.75, 3.05) is 12.4 Å². The van der Waals surface area contributed by atoms with Crippen LogP contribution < -0.4 is 5.32 Å². The van der Waals surface area contributed by atoms with Gasteiger partial charge in [0.25, 0.3) is 0 Å². The van der Waals surface area contributed by atoms with Crippen molar-refractivity contribution in [2.45, 2.75) is 12.8 Å². The van der Waals surface area contributed by atoms with Crippen molar-refractivity contribution in [1.82, 2.24) is 0 Å². The molecule has 0 amide bonds. The number of carbonyl (C=O) groups is 1. The van der Waals surface area contributed by atoms with Crippen LogP contribution in [0.5, 0.6) is 0 Å². The molecule has 3 rings (SSSR count). The smallest absolute Gasteiger partial charge is 0.189 e. The minimum atomic E-state index is 0.140. The van der Waals surface area contributed by atoms with Crippen LogP contribution in [0, 0.1) is 0 Å². The second-order valence-corrected chi connectivity index (χ2v) is 4.65. The van der Waals surface area contributed by atoms with E-state index in [4.69, 9.17) is 0 Å². The molecule has 0 radical (unpaired) electrons. The molecule has 1 aromatic carbocycles. The molecule has 0 aliphatic heterocycles. The molecule has 0 saturated carbocycles. The van der Waals surface area contributed by atoms with E-state index in [0.29, 0.717) is 0 Å². The number of hydrogen-bond acceptors (Lipinski definition) is 2. The molecule has 2 nitrogen and oxygen atoms in total. The third-order valence-corrected chi connectivity index (χ3v) is 3.57. The highest BCUT2D eigenvalue weighted by Crippen LogP contribution is 2.35. The number of Topliss-reactive ketones (excluding diaryl/α,β-unsaturated/α-hetero) is 1. The predicted octanol–water partition coefficient (Wildman–Crippen LogP) is 3.50. The van der Waals surface area contributed by atoms with Gasteiger partial charge in [0.1, 0.15) is 0 Å². The van der Waals surface area contributed by atoms with Crippen molar-refractivity contribution in [3.63, 3.8) is 0 Å². The summed E-state index contributed by atoms with van der Waals surface area (Å²) in [7, 11) is 1.87. The summed E-state index contributed by atoms with van der Waals surface area (Å²) in [4.78, 5) is 12.3. The van der Waals surface area contributed by atoms with Crippen LogP contribution in [-0.2, 0) is 0 Å². The van der Waals surface area contributed by atoms with Gasteiger partial charge in [0.15, 0.2) is 5.78 Å². The van der Waals surface area contributed by atoms with Crippen LogP contribution in [0.4, 0.5) is 5.69 Å². The molecule has 2 heteroatoms. The summed E-state index contributed by atoms with van der Waals surface area (Å²) in [5.41, 5.74) is 5.39. The Morgan fingerprint density at radius 2 is 1.89 bits per heavy atom. The molecule has 18 heavy (non-hydrogen) atoms. The Morgan fingerprint density at radius 1 is 1.11 bits per heavy atom. The molecule has 1 aromatic rings. The molecule has 0 aromatic heterocycles. The van der Waals surface area contributed by atoms with Crippen molar-refractivity contribution in [1.29, 1.82) is 0 Å². The van der Waals surface area contributed by atoms with Crippen molar-refractivity contribution in [2.24, 2.45) is 0 Å². The quantitative estimate of drug-likeness (QED) is 0.815. The van der Waals surface area contributed by atoms with Crippen molar-refractivity contribution in [3.8, 4) is 0 Å². The van der Waals surface area contributed by atoms with Gasteiger partial charge < -0.3 is 5.32 Å². The number of fused-ring (bicyclic) bond motifs is 1. The number of anilines is 1. The highest BCUT2D eigenvalue weighted by Gasteiger charge is 2.21. The Hall–Kier alpha value is -2.09. The molecule has 0 bridgehead atoms. The molecule has 90 valence electrons. The van der Waals surface area contributed by atoms with Gasteiger partial charge in [-0.3, -0.25) is 4.79 Å². The Kier molecular flexibility index (Phi) is 2.63. The maximum absolute atomic E-state index is 12.3. The lowest BCUT2D eigenvalue weighted by molar-refractivity contribution is 0.103. The Morgan fingerprint density at radius 3 is 2.44 bits per heavy atom.